The van der Waals surface area contributed by atoms with Crippen LogP contribution in [0.3, 0.4) is 0 Å². The highest BCUT2D eigenvalue weighted by atomic mass is 19.1. The zero-order chi connectivity index (χ0) is 22.9. The highest BCUT2D eigenvalue weighted by Crippen LogP contribution is 2.20. The van der Waals surface area contributed by atoms with E-state index in [1.807, 2.05) is 0 Å². The van der Waals surface area contributed by atoms with Gasteiger partial charge in [0.1, 0.15) is 36.2 Å². The lowest BCUT2D eigenvalue weighted by molar-refractivity contribution is -0.138. The van der Waals surface area contributed by atoms with E-state index in [2.05, 4.69) is 0 Å². The van der Waals surface area contributed by atoms with Crippen LogP contribution >= 0.6 is 0 Å². The summed E-state index contributed by atoms with van der Waals surface area (Å²) in [6, 6.07) is 19.4. The number of carbonyl (C=O) groups is 2. The highest BCUT2D eigenvalue weighted by Gasteiger charge is 2.19. The first-order chi connectivity index (χ1) is 15.4. The first-order valence-corrected chi connectivity index (χ1v) is 9.72. The molecule has 8 heteroatoms. The molecule has 7 nitrogen and oxygen atoms in total. The van der Waals surface area contributed by atoms with Crippen molar-refractivity contribution >= 4 is 12.1 Å². The number of nitrogens with zero attached hydrogens (tertiary/aromatic N) is 1. The predicted molar refractivity (Wildman–Crippen MR) is 114 cm³/mol. The molecule has 0 aliphatic carbocycles. The Morgan fingerprint density at radius 3 is 2.16 bits per heavy atom. The minimum atomic E-state index is -1.17. The molecule has 3 aromatic carbocycles. The summed E-state index contributed by atoms with van der Waals surface area (Å²) in [4.78, 5) is 24.8. The van der Waals surface area contributed by atoms with E-state index in [9.17, 15) is 19.1 Å². The number of carbonyl (C=O) groups excluding carboxylic acids is 1. The molecule has 1 N–H and O–H groups in total. The molecule has 32 heavy (non-hydrogen) atoms. The van der Waals surface area contributed by atoms with Crippen molar-refractivity contribution in [2.75, 3.05) is 13.7 Å². The number of methoxy groups -OCH3 is 1. The zero-order valence-electron chi connectivity index (χ0n) is 17.4. The fourth-order valence-electron chi connectivity index (χ4n) is 2.85. The monoisotopic (exact) mass is 439 g/mol. The van der Waals surface area contributed by atoms with Crippen molar-refractivity contribution in [3.63, 3.8) is 0 Å². The van der Waals surface area contributed by atoms with E-state index < -0.39 is 18.6 Å². The van der Waals surface area contributed by atoms with E-state index in [1.54, 1.807) is 66.7 Å². The Bertz CT molecular complexity index is 1050. The lowest BCUT2D eigenvalue weighted by Gasteiger charge is -2.20. The van der Waals surface area contributed by atoms with Crippen LogP contribution in [0.25, 0.3) is 0 Å². The van der Waals surface area contributed by atoms with Gasteiger partial charge in [0.25, 0.3) is 0 Å². The van der Waals surface area contributed by atoms with Gasteiger partial charge in [-0.3, -0.25) is 9.69 Å². The van der Waals surface area contributed by atoms with Gasteiger partial charge in [-0.05, 0) is 48.0 Å². The third kappa shape index (κ3) is 6.46. The number of halogens is 1. The van der Waals surface area contributed by atoms with Gasteiger partial charge in [-0.2, -0.15) is 0 Å². The molecule has 0 spiro atoms. The van der Waals surface area contributed by atoms with Gasteiger partial charge in [0.2, 0.25) is 0 Å². The molecule has 0 aliphatic heterocycles. The lowest BCUT2D eigenvalue weighted by atomic mass is 10.2. The summed E-state index contributed by atoms with van der Waals surface area (Å²) < 4.78 is 29.6. The smallest absolute Gasteiger partial charge is 0.416 e. The molecule has 0 bridgehead atoms. The largest absolute Gasteiger partial charge is 0.497 e. The molecule has 0 unspecified atom stereocenters. The van der Waals surface area contributed by atoms with Crippen LogP contribution in [0.4, 0.5) is 9.18 Å². The van der Waals surface area contributed by atoms with Crippen molar-refractivity contribution in [1.82, 2.24) is 4.90 Å². The quantitative estimate of drug-likeness (QED) is 0.529. The summed E-state index contributed by atoms with van der Waals surface area (Å²) in [6.07, 6.45) is -0.794. The third-order valence-electron chi connectivity index (χ3n) is 4.50. The fraction of sp³-hybridized carbons (Fsp3) is 0.167. The molecular weight excluding hydrogens is 417 g/mol. The Morgan fingerprint density at radius 1 is 0.906 bits per heavy atom. The maximum atomic E-state index is 13.7. The number of hydrogen-bond acceptors (Lipinski definition) is 5. The second kappa shape index (κ2) is 10.8. The van der Waals surface area contributed by atoms with Gasteiger partial charge in [-0.15, -0.1) is 0 Å². The maximum Gasteiger partial charge on any atom is 0.416 e. The second-order valence-corrected chi connectivity index (χ2v) is 6.82. The SMILES string of the molecule is COc1ccc(OC(=O)N(CC(=O)O)Cc2ccc(OCc3ccccc3F)cc2)cc1. The molecule has 0 fully saturated rings. The van der Waals surface area contributed by atoms with Crippen LogP contribution < -0.4 is 14.2 Å². The van der Waals surface area contributed by atoms with Crippen LogP contribution in [0, 0.1) is 5.82 Å². The fourth-order valence-corrected chi connectivity index (χ4v) is 2.85. The Labute approximate surface area is 184 Å². The minimum absolute atomic E-state index is 0.0227. The number of carboxylic acid groups (broad SMARTS) is 1. The van der Waals surface area contributed by atoms with Crippen LogP contribution in [-0.2, 0) is 17.9 Å². The number of ether oxygens (including phenoxy) is 3. The van der Waals surface area contributed by atoms with Crippen molar-refractivity contribution < 1.29 is 33.3 Å². The van der Waals surface area contributed by atoms with E-state index in [-0.39, 0.29) is 24.7 Å². The van der Waals surface area contributed by atoms with Gasteiger partial charge < -0.3 is 19.3 Å². The van der Waals surface area contributed by atoms with E-state index in [1.165, 1.54) is 13.2 Å². The molecule has 1 amide bonds. The number of rotatable bonds is 9. The lowest BCUT2D eigenvalue weighted by Crippen LogP contribution is -2.37. The number of hydrogen-bond donors (Lipinski definition) is 1. The Balaban J connectivity index is 1.62. The van der Waals surface area contributed by atoms with Gasteiger partial charge in [-0.25, -0.2) is 9.18 Å². The van der Waals surface area contributed by atoms with Crippen molar-refractivity contribution in [1.29, 1.82) is 0 Å². The summed E-state index contributed by atoms with van der Waals surface area (Å²) in [7, 11) is 1.52. The van der Waals surface area contributed by atoms with E-state index in [0.29, 0.717) is 22.6 Å². The summed E-state index contributed by atoms with van der Waals surface area (Å²) in [6.45, 7) is -0.430. The van der Waals surface area contributed by atoms with Crippen molar-refractivity contribution in [3.8, 4) is 17.2 Å². The molecular formula is C24H22FNO6. The van der Waals surface area contributed by atoms with E-state index in [0.717, 1.165) is 4.90 Å². The molecule has 3 rings (SSSR count). The molecule has 0 radical (unpaired) electrons. The van der Waals surface area contributed by atoms with Gasteiger partial charge in [0.05, 0.1) is 7.11 Å². The van der Waals surface area contributed by atoms with Crippen LogP contribution in [0.1, 0.15) is 11.1 Å². The van der Waals surface area contributed by atoms with Gasteiger partial charge in [0, 0.05) is 12.1 Å². The van der Waals surface area contributed by atoms with Crippen molar-refractivity contribution in [2.45, 2.75) is 13.2 Å². The normalized spacial score (nSPS) is 10.3. The van der Waals surface area contributed by atoms with Gasteiger partial charge in [0.15, 0.2) is 0 Å². The van der Waals surface area contributed by atoms with Crippen molar-refractivity contribution in [3.05, 3.63) is 89.7 Å². The van der Waals surface area contributed by atoms with Gasteiger partial charge in [-0.1, -0.05) is 30.3 Å². The van der Waals surface area contributed by atoms with Crippen molar-refractivity contribution in [2.24, 2.45) is 0 Å². The number of benzene rings is 3. The zero-order valence-corrected chi connectivity index (χ0v) is 17.4. The second-order valence-electron chi connectivity index (χ2n) is 6.82. The standard InChI is InChI=1S/C24H22FNO6/c1-30-19-10-12-21(13-11-19)32-24(29)26(15-23(27)28)14-17-6-8-20(9-7-17)31-16-18-4-2-3-5-22(18)25/h2-13H,14-16H2,1H3,(H,27,28). The first kappa shape index (κ1) is 22.6. The van der Waals surface area contributed by atoms with Gasteiger partial charge >= 0.3 is 12.1 Å². The Morgan fingerprint density at radius 2 is 1.53 bits per heavy atom. The molecule has 3 aromatic rings. The molecule has 0 aliphatic rings. The molecule has 0 aromatic heterocycles. The average molecular weight is 439 g/mol. The Hall–Kier alpha value is -4.07. The predicted octanol–water partition coefficient (Wildman–Crippen LogP) is 4.50. The highest BCUT2D eigenvalue weighted by molar-refractivity contribution is 5.78. The number of aliphatic carboxylic acids is 1. The Kier molecular flexibility index (Phi) is 7.64. The van der Waals surface area contributed by atoms with Crippen LogP contribution in [-0.4, -0.2) is 35.7 Å². The topological polar surface area (TPSA) is 85.3 Å². The minimum Gasteiger partial charge on any atom is -0.497 e. The third-order valence-corrected chi connectivity index (χ3v) is 4.50. The molecule has 166 valence electrons. The van der Waals surface area contributed by atoms with Crippen LogP contribution in [0.5, 0.6) is 17.2 Å². The molecule has 0 heterocycles. The summed E-state index contributed by atoms with van der Waals surface area (Å²) in [5, 5.41) is 9.17. The van der Waals surface area contributed by atoms with E-state index in [4.69, 9.17) is 14.2 Å². The number of amides is 1. The molecule has 0 saturated heterocycles. The molecule has 0 saturated carbocycles. The summed E-state index contributed by atoms with van der Waals surface area (Å²) in [5.74, 6) is -0.125. The number of carboxylic acids is 1. The maximum absolute atomic E-state index is 13.7. The summed E-state index contributed by atoms with van der Waals surface area (Å²) in [5.41, 5.74) is 1.11. The van der Waals surface area contributed by atoms with Crippen LogP contribution in [0.15, 0.2) is 72.8 Å². The first-order valence-electron chi connectivity index (χ1n) is 9.72. The van der Waals surface area contributed by atoms with Crippen LogP contribution in [0.2, 0.25) is 0 Å². The molecule has 0 atom stereocenters. The summed E-state index contributed by atoms with van der Waals surface area (Å²) >= 11 is 0. The van der Waals surface area contributed by atoms with E-state index >= 15 is 0 Å². The average Bonchev–Trinajstić information content (AvgIpc) is 2.79.